The normalized spacial score (nSPS) is 23.1. The molecular weight excluding hydrogens is 284 g/mol. The molecule has 1 N–H and O–H groups in total. The molecule has 2 atom stereocenters. The van der Waals surface area contributed by atoms with Crippen molar-refractivity contribution in [1.82, 2.24) is 14.7 Å². The fourth-order valence-electron chi connectivity index (χ4n) is 2.90. The van der Waals surface area contributed by atoms with Gasteiger partial charge in [-0.2, -0.15) is 0 Å². The van der Waals surface area contributed by atoms with Gasteiger partial charge >= 0.3 is 0 Å². The van der Waals surface area contributed by atoms with Crippen LogP contribution in [0, 0.1) is 0 Å². The number of hydrogen-bond donors (Lipinski definition) is 1. The zero-order valence-corrected chi connectivity index (χ0v) is 13.8. The van der Waals surface area contributed by atoms with Crippen LogP contribution in [0.15, 0.2) is 11.6 Å². The fraction of sp³-hybridized carbons (Fsp3) is 0.667. The van der Waals surface area contributed by atoms with E-state index in [0.29, 0.717) is 6.04 Å². The van der Waals surface area contributed by atoms with Crippen molar-refractivity contribution >= 4 is 22.1 Å². The summed E-state index contributed by atoms with van der Waals surface area (Å²) in [5, 5.41) is 5.54. The van der Waals surface area contributed by atoms with Gasteiger partial charge in [0, 0.05) is 24.7 Å². The minimum Gasteiger partial charge on any atom is -0.375 e. The molecule has 116 valence electrons. The molecular formula is C15H24N4OS. The number of imidazole rings is 1. The molecule has 0 radical (unpaired) electrons. The van der Waals surface area contributed by atoms with Gasteiger partial charge in [-0.25, -0.2) is 4.98 Å². The number of nitrogens with zero attached hydrogens (tertiary/aromatic N) is 3. The van der Waals surface area contributed by atoms with Gasteiger partial charge in [0.05, 0.1) is 24.4 Å². The first-order chi connectivity index (χ1) is 10.2. The highest BCUT2D eigenvalue weighted by atomic mass is 32.1. The molecule has 0 amide bonds. The van der Waals surface area contributed by atoms with Gasteiger partial charge in [0.25, 0.3) is 0 Å². The van der Waals surface area contributed by atoms with Gasteiger partial charge in [-0.3, -0.25) is 4.40 Å². The van der Waals surface area contributed by atoms with E-state index in [1.165, 1.54) is 5.69 Å². The molecule has 2 aromatic rings. The highest BCUT2D eigenvalue weighted by Gasteiger charge is 2.29. The predicted molar refractivity (Wildman–Crippen MR) is 87.3 cm³/mol. The minimum atomic E-state index is 0.263. The Bertz CT molecular complexity index is 594. The molecule has 2 unspecified atom stereocenters. The van der Waals surface area contributed by atoms with Gasteiger partial charge in [0.2, 0.25) is 0 Å². The maximum Gasteiger partial charge on any atom is 0.195 e. The summed E-state index contributed by atoms with van der Waals surface area (Å²) in [6.07, 6.45) is 3.46. The lowest BCUT2D eigenvalue weighted by Crippen LogP contribution is -2.49. The van der Waals surface area contributed by atoms with E-state index in [1.54, 1.807) is 11.3 Å². The van der Waals surface area contributed by atoms with Crippen LogP contribution in [0.25, 0.3) is 4.96 Å². The molecule has 1 saturated heterocycles. The number of fused-ring (bicyclic) bond motifs is 1. The van der Waals surface area contributed by atoms with Crippen molar-refractivity contribution in [3.63, 3.8) is 0 Å². The summed E-state index contributed by atoms with van der Waals surface area (Å²) in [6, 6.07) is 0.422. The quantitative estimate of drug-likeness (QED) is 0.921. The van der Waals surface area contributed by atoms with Crippen molar-refractivity contribution in [2.45, 2.75) is 45.9 Å². The number of ether oxygens (including phenoxy) is 1. The molecule has 0 aliphatic carbocycles. The summed E-state index contributed by atoms with van der Waals surface area (Å²) in [5.41, 5.74) is 1.26. The molecule has 3 heterocycles. The van der Waals surface area contributed by atoms with E-state index in [9.17, 15) is 0 Å². The Morgan fingerprint density at radius 2 is 2.33 bits per heavy atom. The van der Waals surface area contributed by atoms with E-state index in [4.69, 9.17) is 9.72 Å². The molecule has 1 aliphatic rings. The Morgan fingerprint density at radius 1 is 1.48 bits per heavy atom. The first kappa shape index (κ1) is 14.8. The lowest BCUT2D eigenvalue weighted by atomic mass is 10.1. The summed E-state index contributed by atoms with van der Waals surface area (Å²) >= 11 is 1.70. The third-order valence-corrected chi connectivity index (χ3v) is 4.85. The fourth-order valence-corrected chi connectivity index (χ4v) is 3.63. The Labute approximate surface area is 129 Å². The number of aromatic nitrogens is 2. The van der Waals surface area contributed by atoms with Crippen LogP contribution in [0.5, 0.6) is 0 Å². The van der Waals surface area contributed by atoms with E-state index in [0.717, 1.165) is 43.4 Å². The van der Waals surface area contributed by atoms with Crippen molar-refractivity contribution < 1.29 is 4.74 Å². The SMILES string of the molecule is CCNCc1c(N2CC(C)OCC2CC)nc2sccn12. The van der Waals surface area contributed by atoms with Crippen molar-refractivity contribution in [2.24, 2.45) is 0 Å². The Morgan fingerprint density at radius 3 is 3.10 bits per heavy atom. The second-order valence-electron chi connectivity index (χ2n) is 5.58. The zero-order valence-electron chi connectivity index (χ0n) is 13.0. The molecule has 1 aliphatic heterocycles. The first-order valence-corrected chi connectivity index (χ1v) is 8.65. The predicted octanol–water partition coefficient (Wildman–Crippen LogP) is 2.51. The van der Waals surface area contributed by atoms with Crippen LogP contribution in [0.2, 0.25) is 0 Å². The average molecular weight is 308 g/mol. The highest BCUT2D eigenvalue weighted by Crippen LogP contribution is 2.29. The molecule has 0 bridgehead atoms. The lowest BCUT2D eigenvalue weighted by molar-refractivity contribution is 0.0296. The smallest absolute Gasteiger partial charge is 0.195 e. The van der Waals surface area contributed by atoms with Crippen molar-refractivity contribution in [1.29, 1.82) is 0 Å². The molecule has 0 aromatic carbocycles. The summed E-state index contributed by atoms with van der Waals surface area (Å²) in [5.74, 6) is 1.13. The number of anilines is 1. The van der Waals surface area contributed by atoms with Crippen molar-refractivity contribution in [3.05, 3.63) is 17.3 Å². The second-order valence-corrected chi connectivity index (χ2v) is 6.45. The standard InChI is InChI=1S/C15H24N4OS/c1-4-12-10-20-11(3)9-19(12)14-13(8-16-5-2)18-6-7-21-15(18)17-14/h6-7,11-12,16H,4-5,8-10H2,1-3H3. The summed E-state index contributed by atoms with van der Waals surface area (Å²) in [6.45, 7) is 10.0. The van der Waals surface area contributed by atoms with E-state index < -0.39 is 0 Å². The second kappa shape index (κ2) is 6.34. The van der Waals surface area contributed by atoms with Crippen LogP contribution in [0.1, 0.15) is 32.9 Å². The zero-order chi connectivity index (χ0) is 14.8. The van der Waals surface area contributed by atoms with Crippen molar-refractivity contribution in [2.75, 3.05) is 24.6 Å². The Hall–Kier alpha value is -1.11. The molecule has 1 fully saturated rings. The average Bonchev–Trinajstić information content (AvgIpc) is 3.06. The third kappa shape index (κ3) is 2.80. The number of nitrogens with one attached hydrogen (secondary N) is 1. The molecule has 5 nitrogen and oxygen atoms in total. The summed E-state index contributed by atoms with van der Waals surface area (Å²) in [7, 11) is 0. The van der Waals surface area contributed by atoms with Gasteiger partial charge in [0.15, 0.2) is 10.8 Å². The minimum absolute atomic E-state index is 0.263. The molecule has 21 heavy (non-hydrogen) atoms. The molecule has 6 heteroatoms. The largest absolute Gasteiger partial charge is 0.375 e. The molecule has 0 saturated carbocycles. The van der Waals surface area contributed by atoms with Crippen LogP contribution in [-0.2, 0) is 11.3 Å². The molecule has 3 rings (SSSR count). The van der Waals surface area contributed by atoms with Crippen LogP contribution in [0.3, 0.4) is 0 Å². The number of thiazole rings is 1. The van der Waals surface area contributed by atoms with E-state index in [2.05, 4.69) is 47.0 Å². The Balaban J connectivity index is 1.98. The van der Waals surface area contributed by atoms with E-state index in [1.807, 2.05) is 0 Å². The van der Waals surface area contributed by atoms with Crippen LogP contribution < -0.4 is 10.2 Å². The highest BCUT2D eigenvalue weighted by molar-refractivity contribution is 7.15. The van der Waals surface area contributed by atoms with Crippen LogP contribution >= 0.6 is 11.3 Å². The van der Waals surface area contributed by atoms with Gasteiger partial charge < -0.3 is 15.0 Å². The topological polar surface area (TPSA) is 41.8 Å². The summed E-state index contributed by atoms with van der Waals surface area (Å²) < 4.78 is 8.04. The van der Waals surface area contributed by atoms with E-state index in [-0.39, 0.29) is 6.10 Å². The third-order valence-electron chi connectivity index (χ3n) is 4.09. The van der Waals surface area contributed by atoms with E-state index >= 15 is 0 Å². The number of morpholine rings is 1. The first-order valence-electron chi connectivity index (χ1n) is 7.78. The maximum atomic E-state index is 5.82. The number of hydrogen-bond acceptors (Lipinski definition) is 5. The summed E-state index contributed by atoms with van der Waals surface area (Å²) in [4.78, 5) is 8.41. The van der Waals surface area contributed by atoms with Crippen LogP contribution in [0.4, 0.5) is 5.82 Å². The Kier molecular flexibility index (Phi) is 4.47. The van der Waals surface area contributed by atoms with Gasteiger partial charge in [-0.1, -0.05) is 13.8 Å². The lowest BCUT2D eigenvalue weighted by Gasteiger charge is -2.39. The monoisotopic (exact) mass is 308 g/mol. The van der Waals surface area contributed by atoms with Crippen LogP contribution in [-0.4, -0.2) is 41.2 Å². The molecule has 0 spiro atoms. The van der Waals surface area contributed by atoms with Gasteiger partial charge in [-0.15, -0.1) is 11.3 Å². The van der Waals surface area contributed by atoms with Gasteiger partial charge in [-0.05, 0) is 19.9 Å². The van der Waals surface area contributed by atoms with Crippen molar-refractivity contribution in [3.8, 4) is 0 Å². The maximum absolute atomic E-state index is 5.82. The molecule has 2 aromatic heterocycles. The van der Waals surface area contributed by atoms with Gasteiger partial charge in [0.1, 0.15) is 0 Å². The number of rotatable bonds is 5.